The predicted molar refractivity (Wildman–Crippen MR) is 107 cm³/mol. The number of aromatic nitrogens is 1. The van der Waals surface area contributed by atoms with Crippen LogP contribution in [0.15, 0.2) is 18.3 Å². The molecule has 2 N–H and O–H groups in total. The second kappa shape index (κ2) is 7.87. The van der Waals surface area contributed by atoms with Gasteiger partial charge in [0.15, 0.2) is 0 Å². The number of carbonyl (C=O) groups is 1. The van der Waals surface area contributed by atoms with Crippen molar-refractivity contribution >= 4 is 22.2 Å². The van der Waals surface area contributed by atoms with E-state index in [1.807, 2.05) is 0 Å². The number of anilines is 1. The third kappa shape index (κ3) is 3.67. The summed E-state index contributed by atoms with van der Waals surface area (Å²) in [6.45, 7) is 1.97. The fourth-order valence-corrected chi connectivity index (χ4v) is 5.90. The zero-order valence-electron chi connectivity index (χ0n) is 15.9. The molecule has 0 aromatic carbocycles. The number of likely N-dealkylation sites (tertiary alicyclic amines) is 1. The minimum absolute atomic E-state index is 0.0372. The molecule has 0 radical (unpaired) electrons. The van der Waals surface area contributed by atoms with Crippen molar-refractivity contribution in [3.63, 3.8) is 0 Å². The van der Waals surface area contributed by atoms with Gasteiger partial charge in [-0.05, 0) is 43.4 Å². The summed E-state index contributed by atoms with van der Waals surface area (Å²) >= 11 is 1.61. The molecule has 6 heteroatoms. The topological polar surface area (TPSA) is 62.3 Å². The molecule has 0 bridgehead atoms. The third-order valence-electron chi connectivity index (χ3n) is 6.03. The number of nitrogens with one attached hydrogen (secondary N) is 2. The Morgan fingerprint density at radius 2 is 2.26 bits per heavy atom. The summed E-state index contributed by atoms with van der Waals surface area (Å²) in [5.41, 5.74) is 3.25. The van der Waals surface area contributed by atoms with Crippen molar-refractivity contribution < 1.29 is 9.69 Å². The summed E-state index contributed by atoms with van der Waals surface area (Å²) in [5, 5.41) is 13.4. The smallest absolute Gasteiger partial charge is 0.230 e. The highest BCUT2D eigenvalue weighted by Crippen LogP contribution is 2.37. The lowest BCUT2D eigenvalue weighted by atomic mass is 9.96. The van der Waals surface area contributed by atoms with E-state index in [4.69, 9.17) is 0 Å². The van der Waals surface area contributed by atoms with E-state index in [0.717, 1.165) is 37.4 Å². The zero-order valence-corrected chi connectivity index (χ0v) is 16.7. The summed E-state index contributed by atoms with van der Waals surface area (Å²) in [6.07, 6.45) is 9.34. The Kier molecular flexibility index (Phi) is 5.33. The molecule has 0 saturated carbocycles. The Bertz CT molecular complexity index is 875. The fraction of sp³-hybridized carbons (Fsp3) is 0.524. The molecule has 2 aliphatic rings. The molecule has 1 aliphatic carbocycles. The average molecular weight is 384 g/mol. The van der Waals surface area contributed by atoms with E-state index in [-0.39, 0.29) is 5.91 Å². The van der Waals surface area contributed by atoms with E-state index in [0.29, 0.717) is 18.0 Å². The molecule has 1 fully saturated rings. The summed E-state index contributed by atoms with van der Waals surface area (Å²) in [6, 6.07) is 7.11. The van der Waals surface area contributed by atoms with Crippen LogP contribution in [0.25, 0.3) is 0 Å². The molecule has 2 aromatic heterocycles. The summed E-state index contributed by atoms with van der Waals surface area (Å²) in [5.74, 6) is 0.0372. The van der Waals surface area contributed by atoms with Crippen molar-refractivity contribution in [3.8, 4) is 6.07 Å². The SMILES string of the molecule is Cn1cccc1[C@H]1CCC[NH+]1CCC(=O)Nc1sc2c(c1C#N)CCCC2. The van der Waals surface area contributed by atoms with Crippen molar-refractivity contribution in [2.24, 2.45) is 7.05 Å². The summed E-state index contributed by atoms with van der Waals surface area (Å²) in [4.78, 5) is 15.4. The fourth-order valence-electron chi connectivity index (χ4n) is 4.64. The highest BCUT2D eigenvalue weighted by molar-refractivity contribution is 7.16. The van der Waals surface area contributed by atoms with Gasteiger partial charge in [-0.25, -0.2) is 0 Å². The van der Waals surface area contributed by atoms with Crippen LogP contribution in [0, 0.1) is 11.3 Å². The Balaban J connectivity index is 1.38. The summed E-state index contributed by atoms with van der Waals surface area (Å²) in [7, 11) is 2.10. The maximum absolute atomic E-state index is 12.6. The number of rotatable bonds is 5. The largest absolute Gasteiger partial charge is 0.350 e. The average Bonchev–Trinajstić information content (AvgIpc) is 3.37. The van der Waals surface area contributed by atoms with E-state index < -0.39 is 0 Å². The normalized spacial score (nSPS) is 21.6. The number of nitrogens with zero attached hydrogens (tertiary/aromatic N) is 2. The monoisotopic (exact) mass is 383 g/mol. The van der Waals surface area contributed by atoms with Gasteiger partial charge in [0, 0.05) is 31.0 Å². The maximum atomic E-state index is 12.6. The van der Waals surface area contributed by atoms with Gasteiger partial charge in [0.25, 0.3) is 0 Å². The highest BCUT2D eigenvalue weighted by Gasteiger charge is 2.31. The van der Waals surface area contributed by atoms with Crippen molar-refractivity contribution in [2.45, 2.75) is 51.0 Å². The molecular formula is C21H27N4OS+. The van der Waals surface area contributed by atoms with Crippen molar-refractivity contribution in [1.82, 2.24) is 4.57 Å². The van der Waals surface area contributed by atoms with Gasteiger partial charge in [-0.1, -0.05) is 0 Å². The Labute approximate surface area is 164 Å². The lowest BCUT2D eigenvalue weighted by Gasteiger charge is -2.22. The lowest BCUT2D eigenvalue weighted by Crippen LogP contribution is -3.10. The van der Waals surface area contributed by atoms with Crippen molar-refractivity contribution in [3.05, 3.63) is 40.0 Å². The molecule has 142 valence electrons. The number of hydrogen-bond acceptors (Lipinski definition) is 3. The summed E-state index contributed by atoms with van der Waals surface area (Å²) < 4.78 is 2.20. The molecule has 0 spiro atoms. The molecular weight excluding hydrogens is 356 g/mol. The number of nitriles is 1. The highest BCUT2D eigenvalue weighted by atomic mass is 32.1. The Hall–Kier alpha value is -2.10. The van der Waals surface area contributed by atoms with Gasteiger partial charge >= 0.3 is 0 Å². The number of hydrogen-bond donors (Lipinski definition) is 2. The van der Waals surface area contributed by atoms with Gasteiger partial charge in [0.2, 0.25) is 5.91 Å². The number of thiophene rings is 1. The number of carbonyl (C=O) groups excluding carboxylic acids is 1. The molecule has 2 atom stereocenters. The number of aryl methyl sites for hydroxylation is 2. The van der Waals surface area contributed by atoms with Crippen LogP contribution in [-0.4, -0.2) is 23.6 Å². The van der Waals surface area contributed by atoms with E-state index in [1.54, 1.807) is 11.3 Å². The molecule has 1 unspecified atom stereocenters. The second-order valence-corrected chi connectivity index (χ2v) is 8.83. The van der Waals surface area contributed by atoms with E-state index in [2.05, 4.69) is 41.3 Å². The van der Waals surface area contributed by atoms with Crippen LogP contribution >= 0.6 is 11.3 Å². The first-order chi connectivity index (χ1) is 13.2. The molecule has 2 aromatic rings. The zero-order chi connectivity index (χ0) is 18.8. The second-order valence-electron chi connectivity index (χ2n) is 7.72. The predicted octanol–water partition coefficient (Wildman–Crippen LogP) is 2.59. The minimum Gasteiger partial charge on any atom is -0.350 e. The lowest BCUT2D eigenvalue weighted by molar-refractivity contribution is -0.918. The van der Waals surface area contributed by atoms with Crippen molar-refractivity contribution in [2.75, 3.05) is 18.4 Å². The standard InChI is InChI=1S/C21H26N4OS/c1-24-11-4-7-17(24)18-8-5-12-25(18)13-10-20(26)23-21-16(14-22)15-6-2-3-9-19(15)27-21/h4,7,11,18H,2-3,5-6,8-10,12-13H2,1H3,(H,23,26)/p+1/t18-/m1/s1. The maximum Gasteiger partial charge on any atom is 0.230 e. The van der Waals surface area contributed by atoms with Crippen LogP contribution in [0.4, 0.5) is 5.00 Å². The van der Waals surface area contributed by atoms with E-state index in [1.165, 1.54) is 40.3 Å². The Morgan fingerprint density at radius 1 is 1.41 bits per heavy atom. The van der Waals surface area contributed by atoms with Crippen LogP contribution in [0.2, 0.25) is 0 Å². The first kappa shape index (κ1) is 18.3. The first-order valence-corrected chi connectivity index (χ1v) is 10.8. The molecule has 1 saturated heterocycles. The first-order valence-electron chi connectivity index (χ1n) is 9.97. The van der Waals surface area contributed by atoms with Gasteiger partial charge in [0.1, 0.15) is 17.1 Å². The number of fused-ring (bicyclic) bond motifs is 1. The third-order valence-corrected chi connectivity index (χ3v) is 7.24. The van der Waals surface area contributed by atoms with E-state index >= 15 is 0 Å². The van der Waals surface area contributed by atoms with Crippen molar-refractivity contribution in [1.29, 1.82) is 5.26 Å². The molecule has 1 amide bonds. The molecule has 1 aliphatic heterocycles. The van der Waals surface area contributed by atoms with Crippen LogP contribution in [0.3, 0.4) is 0 Å². The van der Waals surface area contributed by atoms with Gasteiger partial charge in [-0.15, -0.1) is 11.3 Å². The Morgan fingerprint density at radius 3 is 3.04 bits per heavy atom. The minimum atomic E-state index is 0.0372. The molecule has 5 nitrogen and oxygen atoms in total. The number of amides is 1. The van der Waals surface area contributed by atoms with Gasteiger partial charge in [0.05, 0.1) is 30.8 Å². The van der Waals surface area contributed by atoms with Gasteiger partial charge in [-0.3, -0.25) is 4.79 Å². The van der Waals surface area contributed by atoms with Gasteiger partial charge < -0.3 is 14.8 Å². The van der Waals surface area contributed by atoms with Crippen LogP contribution in [0.5, 0.6) is 0 Å². The van der Waals surface area contributed by atoms with Crippen LogP contribution < -0.4 is 10.2 Å². The molecule has 4 rings (SSSR count). The van der Waals surface area contributed by atoms with Gasteiger partial charge in [-0.2, -0.15) is 5.26 Å². The number of quaternary nitrogens is 1. The molecule has 3 heterocycles. The molecule has 27 heavy (non-hydrogen) atoms. The van der Waals surface area contributed by atoms with Crippen LogP contribution in [0.1, 0.15) is 59.8 Å². The van der Waals surface area contributed by atoms with E-state index in [9.17, 15) is 10.1 Å². The van der Waals surface area contributed by atoms with Crippen LogP contribution in [-0.2, 0) is 24.7 Å². The quantitative estimate of drug-likeness (QED) is 0.834.